The molecular weight excluding hydrogens is 459 g/mol. The second kappa shape index (κ2) is 8.78. The van der Waals surface area contributed by atoms with Gasteiger partial charge in [0.25, 0.3) is 10.0 Å². The first-order valence-electron chi connectivity index (χ1n) is 9.78. The minimum absolute atomic E-state index is 0.0880. The summed E-state index contributed by atoms with van der Waals surface area (Å²) in [5.41, 5.74) is 5.77. The number of carbonyl (C=O) groups excluding carboxylic acids is 1. The fraction of sp³-hybridized carbons (Fsp3) is 0.273. The zero-order valence-electron chi connectivity index (χ0n) is 17.6. The number of aryl methyl sites for hydroxylation is 1. The van der Waals surface area contributed by atoms with E-state index >= 15 is 0 Å². The second-order valence-corrected chi connectivity index (χ2v) is 9.13. The van der Waals surface area contributed by atoms with Gasteiger partial charge in [0.15, 0.2) is 6.04 Å². The fourth-order valence-electron chi connectivity index (χ4n) is 3.64. The third kappa shape index (κ3) is 4.39. The van der Waals surface area contributed by atoms with Crippen LogP contribution in [-0.4, -0.2) is 31.3 Å². The lowest BCUT2D eigenvalue weighted by molar-refractivity contribution is -0.147. The van der Waals surface area contributed by atoms with E-state index in [0.29, 0.717) is 4.31 Å². The number of halogens is 3. The summed E-state index contributed by atoms with van der Waals surface area (Å²) in [4.78, 5) is 12.7. The maximum absolute atomic E-state index is 13.4. The lowest BCUT2D eigenvalue weighted by atomic mass is 9.87. The van der Waals surface area contributed by atoms with Gasteiger partial charge in [0, 0.05) is 0 Å². The molecule has 0 amide bonds. The molecule has 1 heterocycles. The van der Waals surface area contributed by atoms with Crippen LogP contribution in [-0.2, 0) is 25.7 Å². The normalized spacial score (nSPS) is 18.8. The van der Waals surface area contributed by atoms with Crippen LogP contribution < -0.4 is 5.73 Å². The van der Waals surface area contributed by atoms with Gasteiger partial charge in [-0.2, -0.15) is 18.4 Å². The summed E-state index contributed by atoms with van der Waals surface area (Å²) in [6.07, 6.45) is -4.59. The highest BCUT2D eigenvalue weighted by atomic mass is 32.2. The number of sulfonamides is 1. The Balaban J connectivity index is 2.18. The molecule has 0 aliphatic carbocycles. The number of carbonyl (C=O) groups is 1. The van der Waals surface area contributed by atoms with Crippen molar-refractivity contribution < 1.29 is 31.1 Å². The monoisotopic (exact) mass is 479 g/mol. The van der Waals surface area contributed by atoms with Gasteiger partial charge < -0.3 is 10.5 Å². The number of benzene rings is 2. The first-order valence-corrected chi connectivity index (χ1v) is 11.2. The number of ether oxygens (including phenoxy) is 1. The SMILES string of the molecule is CCOC(=O)C1C(c2ccc(C(F)(F)F)cc2)C(C#N)=C(N)N1S(=O)(=O)c1ccc(C)cc1. The first kappa shape index (κ1) is 24.1. The topological polar surface area (TPSA) is 113 Å². The highest BCUT2D eigenvalue weighted by Crippen LogP contribution is 2.43. The smallest absolute Gasteiger partial charge is 0.416 e. The van der Waals surface area contributed by atoms with E-state index in [1.165, 1.54) is 19.1 Å². The number of nitrogens with zero attached hydrogens (tertiary/aromatic N) is 2. The molecule has 0 saturated carbocycles. The molecule has 2 aromatic rings. The van der Waals surface area contributed by atoms with Crippen molar-refractivity contribution >= 4 is 16.0 Å². The van der Waals surface area contributed by atoms with Crippen LogP contribution in [0.2, 0.25) is 0 Å². The van der Waals surface area contributed by atoms with Crippen LogP contribution >= 0.6 is 0 Å². The molecule has 11 heteroatoms. The summed E-state index contributed by atoms with van der Waals surface area (Å²) in [7, 11) is -4.41. The zero-order chi connectivity index (χ0) is 24.6. The van der Waals surface area contributed by atoms with E-state index in [-0.39, 0.29) is 22.6 Å². The number of nitriles is 1. The Morgan fingerprint density at radius 1 is 1.15 bits per heavy atom. The van der Waals surface area contributed by atoms with Gasteiger partial charge in [0.05, 0.1) is 34.6 Å². The Morgan fingerprint density at radius 2 is 1.73 bits per heavy atom. The molecule has 1 aliphatic rings. The average molecular weight is 479 g/mol. The van der Waals surface area contributed by atoms with Crippen molar-refractivity contribution in [1.82, 2.24) is 4.31 Å². The molecule has 0 spiro atoms. The van der Waals surface area contributed by atoms with Crippen LogP contribution in [0.15, 0.2) is 64.8 Å². The maximum Gasteiger partial charge on any atom is 0.416 e. The number of hydrogen-bond acceptors (Lipinski definition) is 6. The molecule has 2 unspecified atom stereocenters. The molecule has 2 N–H and O–H groups in total. The molecule has 0 radical (unpaired) electrons. The van der Waals surface area contributed by atoms with Gasteiger partial charge in [0.2, 0.25) is 0 Å². The van der Waals surface area contributed by atoms with Crippen molar-refractivity contribution in [3.8, 4) is 6.07 Å². The van der Waals surface area contributed by atoms with E-state index < -0.39 is 45.5 Å². The Morgan fingerprint density at radius 3 is 2.21 bits per heavy atom. The van der Waals surface area contributed by atoms with Gasteiger partial charge >= 0.3 is 12.1 Å². The number of nitrogens with two attached hydrogens (primary N) is 1. The van der Waals surface area contributed by atoms with Crippen LogP contribution in [0.25, 0.3) is 0 Å². The molecule has 2 aromatic carbocycles. The van der Waals surface area contributed by atoms with Crippen molar-refractivity contribution in [2.24, 2.45) is 5.73 Å². The maximum atomic E-state index is 13.4. The predicted molar refractivity (Wildman–Crippen MR) is 112 cm³/mol. The summed E-state index contributed by atoms with van der Waals surface area (Å²) >= 11 is 0. The summed E-state index contributed by atoms with van der Waals surface area (Å²) in [6.45, 7) is 3.19. The number of esters is 1. The molecule has 0 fully saturated rings. The molecule has 2 atom stereocenters. The molecular formula is C22H20F3N3O4S. The molecule has 0 aromatic heterocycles. The minimum atomic E-state index is -4.59. The highest BCUT2D eigenvalue weighted by molar-refractivity contribution is 7.89. The van der Waals surface area contributed by atoms with E-state index in [2.05, 4.69) is 0 Å². The molecule has 3 rings (SSSR count). The molecule has 0 bridgehead atoms. The van der Waals surface area contributed by atoms with E-state index in [9.17, 15) is 31.6 Å². The molecule has 7 nitrogen and oxygen atoms in total. The van der Waals surface area contributed by atoms with Crippen LogP contribution in [0.4, 0.5) is 13.2 Å². The van der Waals surface area contributed by atoms with Gasteiger partial charge in [0.1, 0.15) is 5.82 Å². The Labute approximate surface area is 188 Å². The van der Waals surface area contributed by atoms with Crippen LogP contribution in [0, 0.1) is 18.3 Å². The lowest BCUT2D eigenvalue weighted by Crippen LogP contribution is -2.45. The molecule has 1 aliphatic heterocycles. The minimum Gasteiger partial charge on any atom is -0.464 e. The quantitative estimate of drug-likeness (QED) is 0.658. The molecule has 33 heavy (non-hydrogen) atoms. The zero-order valence-corrected chi connectivity index (χ0v) is 18.4. The van der Waals surface area contributed by atoms with Crippen molar-refractivity contribution in [2.75, 3.05) is 6.61 Å². The van der Waals surface area contributed by atoms with Crippen molar-refractivity contribution in [2.45, 2.75) is 36.9 Å². The number of alkyl halides is 3. The Hall–Kier alpha value is -3.52. The largest absolute Gasteiger partial charge is 0.464 e. The van der Waals surface area contributed by atoms with Crippen molar-refractivity contribution in [1.29, 1.82) is 5.26 Å². The fourth-order valence-corrected chi connectivity index (χ4v) is 5.21. The predicted octanol–water partition coefficient (Wildman–Crippen LogP) is 3.43. The Bertz CT molecular complexity index is 1230. The van der Waals surface area contributed by atoms with Crippen LogP contribution in [0.3, 0.4) is 0 Å². The van der Waals surface area contributed by atoms with Gasteiger partial charge in [-0.25, -0.2) is 17.5 Å². The third-order valence-corrected chi connectivity index (χ3v) is 7.03. The summed E-state index contributed by atoms with van der Waals surface area (Å²) in [5.74, 6) is -2.72. The van der Waals surface area contributed by atoms with Crippen LogP contribution in [0.1, 0.15) is 29.5 Å². The third-order valence-electron chi connectivity index (χ3n) is 5.22. The summed E-state index contributed by atoms with van der Waals surface area (Å²) < 4.78 is 71.6. The first-order chi connectivity index (χ1) is 15.4. The molecule has 174 valence electrons. The van der Waals surface area contributed by atoms with E-state index in [1.807, 2.05) is 6.07 Å². The summed E-state index contributed by atoms with van der Waals surface area (Å²) in [5, 5.41) is 9.73. The lowest BCUT2D eigenvalue weighted by Gasteiger charge is -2.29. The second-order valence-electron chi connectivity index (χ2n) is 7.32. The van der Waals surface area contributed by atoms with Gasteiger partial charge in [-0.1, -0.05) is 29.8 Å². The van der Waals surface area contributed by atoms with Crippen LogP contribution in [0.5, 0.6) is 0 Å². The standard InChI is InChI=1S/C22H20F3N3O4S/c1-3-32-21(29)19-18(14-6-8-15(9-7-14)22(23,24)25)17(12-26)20(27)28(19)33(30,31)16-10-4-13(2)5-11-16/h4-11,18-19H,3,27H2,1-2H3. The number of rotatable bonds is 5. The molecule has 0 saturated heterocycles. The van der Waals surface area contributed by atoms with E-state index in [1.54, 1.807) is 19.1 Å². The Kier molecular flexibility index (Phi) is 6.42. The van der Waals surface area contributed by atoms with E-state index in [4.69, 9.17) is 10.5 Å². The van der Waals surface area contributed by atoms with E-state index in [0.717, 1.165) is 29.8 Å². The van der Waals surface area contributed by atoms with Gasteiger partial charge in [-0.15, -0.1) is 0 Å². The van der Waals surface area contributed by atoms with Gasteiger partial charge in [-0.3, -0.25) is 0 Å². The van der Waals surface area contributed by atoms with Crippen molar-refractivity contribution in [3.05, 3.63) is 76.6 Å². The van der Waals surface area contributed by atoms with Crippen molar-refractivity contribution in [3.63, 3.8) is 0 Å². The van der Waals surface area contributed by atoms with Gasteiger partial charge in [-0.05, 0) is 43.7 Å². The average Bonchev–Trinajstić information content (AvgIpc) is 3.06. The highest BCUT2D eigenvalue weighted by Gasteiger charge is 2.51. The summed E-state index contributed by atoms with van der Waals surface area (Å²) in [6, 6.07) is 9.74. The number of hydrogen-bond donors (Lipinski definition) is 1.